The van der Waals surface area contributed by atoms with E-state index >= 15 is 0 Å². The molecule has 1 N–H and O–H groups in total. The van der Waals surface area contributed by atoms with E-state index in [1.165, 1.54) is 0 Å². The number of likely N-dealkylation sites (tertiary alicyclic amines) is 1. The molecular formula is C22H27ClFN3O4. The molecule has 3 heterocycles. The zero-order valence-corrected chi connectivity index (χ0v) is 18.1. The number of ether oxygens (including phenoxy) is 2. The first kappa shape index (κ1) is 20.7. The van der Waals surface area contributed by atoms with Crippen molar-refractivity contribution >= 4 is 29.3 Å². The summed E-state index contributed by atoms with van der Waals surface area (Å²) >= 11 is 6.36. The standard InChI is InChI=1S/C22H27ClFN3O4/c23-18-7-17(27-10-16(24)11-27)1-2-19(18)30-12-14-3-5-26(6-4-14)20(28)15-8-22(9-15)13-31-21(29)25-22/h1-2,7,14-16H,3-6,8-13H2,(H,25,29)/t15-,22+. The van der Waals surface area contributed by atoms with Gasteiger partial charge in [0, 0.05) is 24.7 Å². The molecule has 1 saturated carbocycles. The molecule has 1 spiro atoms. The predicted octanol–water partition coefficient (Wildman–Crippen LogP) is 3.00. The van der Waals surface area contributed by atoms with Gasteiger partial charge in [-0.2, -0.15) is 0 Å². The van der Waals surface area contributed by atoms with Crippen molar-refractivity contribution in [3.8, 4) is 5.75 Å². The lowest BCUT2D eigenvalue weighted by atomic mass is 9.68. The second-order valence-electron chi connectivity index (χ2n) is 9.28. The molecule has 0 bridgehead atoms. The van der Waals surface area contributed by atoms with Gasteiger partial charge in [-0.1, -0.05) is 11.6 Å². The molecule has 4 fully saturated rings. The number of carbonyl (C=O) groups is 2. The van der Waals surface area contributed by atoms with Crippen molar-refractivity contribution in [2.45, 2.75) is 37.4 Å². The van der Waals surface area contributed by atoms with Crippen LogP contribution in [0.5, 0.6) is 5.75 Å². The first-order chi connectivity index (χ1) is 14.9. The summed E-state index contributed by atoms with van der Waals surface area (Å²) in [6, 6.07) is 5.59. The van der Waals surface area contributed by atoms with Gasteiger partial charge in [0.2, 0.25) is 5.91 Å². The maximum atomic E-state index is 13.0. The van der Waals surface area contributed by atoms with Crippen LogP contribution in [0.2, 0.25) is 5.02 Å². The van der Waals surface area contributed by atoms with Crippen LogP contribution in [0.3, 0.4) is 0 Å². The summed E-state index contributed by atoms with van der Waals surface area (Å²) in [5.74, 6) is 1.18. The van der Waals surface area contributed by atoms with Crippen molar-refractivity contribution in [1.29, 1.82) is 0 Å². The lowest BCUT2D eigenvalue weighted by Gasteiger charge is -2.44. The molecule has 9 heteroatoms. The third-order valence-corrected chi connectivity index (χ3v) is 7.28. The van der Waals surface area contributed by atoms with Gasteiger partial charge in [-0.05, 0) is 49.8 Å². The Kier molecular flexibility index (Phi) is 5.36. The number of hydrogen-bond donors (Lipinski definition) is 1. The second kappa shape index (κ2) is 8.04. The highest BCUT2D eigenvalue weighted by Gasteiger charge is 2.53. The SMILES string of the molecule is O=C1N[C@]2(CO1)C[C@H](C(=O)N1CCC(COc3ccc(N4CC(F)C4)cc3Cl)CC1)C2. The third kappa shape index (κ3) is 4.14. The minimum absolute atomic E-state index is 0.0220. The molecule has 31 heavy (non-hydrogen) atoms. The highest BCUT2D eigenvalue weighted by molar-refractivity contribution is 6.32. The summed E-state index contributed by atoms with van der Waals surface area (Å²) in [6.07, 6.45) is 1.98. The number of amides is 2. The van der Waals surface area contributed by atoms with Crippen molar-refractivity contribution in [2.24, 2.45) is 11.8 Å². The van der Waals surface area contributed by atoms with Crippen LogP contribution in [0, 0.1) is 11.8 Å². The summed E-state index contributed by atoms with van der Waals surface area (Å²) in [4.78, 5) is 27.9. The molecule has 3 aliphatic heterocycles. The van der Waals surface area contributed by atoms with E-state index in [1.807, 2.05) is 28.0 Å². The first-order valence-electron chi connectivity index (χ1n) is 11.0. The number of hydrogen-bond acceptors (Lipinski definition) is 5. The minimum atomic E-state index is -0.754. The molecule has 1 aliphatic carbocycles. The quantitative estimate of drug-likeness (QED) is 0.745. The molecular weight excluding hydrogens is 425 g/mol. The Morgan fingerprint density at radius 1 is 1.29 bits per heavy atom. The zero-order chi connectivity index (χ0) is 21.6. The number of nitrogens with zero attached hydrogens (tertiary/aromatic N) is 2. The molecule has 2 amide bonds. The molecule has 1 aromatic rings. The largest absolute Gasteiger partial charge is 0.492 e. The Hall–Kier alpha value is -2.22. The number of piperidine rings is 1. The van der Waals surface area contributed by atoms with Gasteiger partial charge in [0.05, 0.1) is 30.3 Å². The average molecular weight is 452 g/mol. The number of halogens is 2. The van der Waals surface area contributed by atoms with E-state index in [1.54, 1.807) is 0 Å². The number of cyclic esters (lactones) is 1. The van der Waals surface area contributed by atoms with Gasteiger partial charge in [0.15, 0.2) is 0 Å². The van der Waals surface area contributed by atoms with Crippen LogP contribution in [-0.2, 0) is 9.53 Å². The summed E-state index contributed by atoms with van der Waals surface area (Å²) in [5, 5.41) is 3.37. The molecule has 0 atom stereocenters. The van der Waals surface area contributed by atoms with E-state index in [0.717, 1.165) is 31.6 Å². The first-order valence-corrected chi connectivity index (χ1v) is 11.3. The fourth-order valence-corrected chi connectivity index (χ4v) is 5.22. The van der Waals surface area contributed by atoms with Gasteiger partial charge in [0.1, 0.15) is 18.5 Å². The van der Waals surface area contributed by atoms with E-state index < -0.39 is 6.17 Å². The number of carbonyl (C=O) groups excluding carboxylic acids is 2. The van der Waals surface area contributed by atoms with Crippen LogP contribution in [0.15, 0.2) is 18.2 Å². The lowest BCUT2D eigenvalue weighted by Crippen LogP contribution is -2.58. The van der Waals surface area contributed by atoms with Crippen LogP contribution in [0.4, 0.5) is 14.9 Å². The van der Waals surface area contributed by atoms with E-state index in [4.69, 9.17) is 21.1 Å². The Balaban J connectivity index is 1.05. The van der Waals surface area contributed by atoms with Crippen molar-refractivity contribution in [1.82, 2.24) is 10.2 Å². The van der Waals surface area contributed by atoms with Crippen molar-refractivity contribution in [3.05, 3.63) is 23.2 Å². The van der Waals surface area contributed by atoms with Crippen LogP contribution in [-0.4, -0.2) is 68.0 Å². The summed E-state index contributed by atoms with van der Waals surface area (Å²) in [7, 11) is 0. The van der Waals surface area contributed by atoms with Crippen molar-refractivity contribution < 1.29 is 23.5 Å². The van der Waals surface area contributed by atoms with Crippen LogP contribution >= 0.6 is 11.6 Å². The van der Waals surface area contributed by atoms with E-state index in [2.05, 4.69) is 5.32 Å². The average Bonchev–Trinajstić information content (AvgIpc) is 3.11. The number of benzene rings is 1. The maximum Gasteiger partial charge on any atom is 0.407 e. The van der Waals surface area contributed by atoms with Gasteiger partial charge >= 0.3 is 6.09 Å². The number of nitrogens with one attached hydrogen (secondary N) is 1. The van der Waals surface area contributed by atoms with E-state index in [-0.39, 0.29) is 23.5 Å². The van der Waals surface area contributed by atoms with Gasteiger partial charge < -0.3 is 24.6 Å². The van der Waals surface area contributed by atoms with Crippen LogP contribution < -0.4 is 15.0 Å². The topological polar surface area (TPSA) is 71.1 Å². The fraction of sp³-hybridized carbons (Fsp3) is 0.636. The van der Waals surface area contributed by atoms with Gasteiger partial charge in [-0.25, -0.2) is 9.18 Å². The zero-order valence-electron chi connectivity index (χ0n) is 17.3. The Labute approximate surface area is 185 Å². The maximum absolute atomic E-state index is 13.0. The van der Waals surface area contributed by atoms with Crippen LogP contribution in [0.25, 0.3) is 0 Å². The monoisotopic (exact) mass is 451 g/mol. The highest BCUT2D eigenvalue weighted by Crippen LogP contribution is 2.42. The molecule has 3 saturated heterocycles. The molecule has 5 rings (SSSR count). The fourth-order valence-electron chi connectivity index (χ4n) is 5.00. The number of anilines is 1. The predicted molar refractivity (Wildman–Crippen MR) is 113 cm³/mol. The molecule has 0 unspecified atom stereocenters. The lowest BCUT2D eigenvalue weighted by molar-refractivity contribution is -0.142. The number of alkyl carbamates (subject to hydrolysis) is 1. The van der Waals surface area contributed by atoms with Gasteiger partial charge in [-0.3, -0.25) is 4.79 Å². The third-order valence-electron chi connectivity index (χ3n) is 6.99. The molecule has 0 aromatic heterocycles. The molecule has 1 aromatic carbocycles. The van der Waals surface area contributed by atoms with Gasteiger partial charge in [0.25, 0.3) is 0 Å². The summed E-state index contributed by atoms with van der Waals surface area (Å²) in [6.45, 7) is 3.22. The Bertz CT molecular complexity index is 864. The number of alkyl halides is 1. The van der Waals surface area contributed by atoms with Crippen LogP contribution in [0.1, 0.15) is 25.7 Å². The second-order valence-corrected chi connectivity index (χ2v) is 9.69. The number of rotatable bonds is 5. The van der Waals surface area contributed by atoms with E-state index in [9.17, 15) is 14.0 Å². The smallest absolute Gasteiger partial charge is 0.407 e. The van der Waals surface area contributed by atoms with Gasteiger partial charge in [-0.15, -0.1) is 0 Å². The summed E-state index contributed by atoms with van der Waals surface area (Å²) < 4.78 is 24.0. The summed E-state index contributed by atoms with van der Waals surface area (Å²) in [5.41, 5.74) is 0.598. The molecule has 4 aliphatic rings. The Morgan fingerprint density at radius 3 is 2.65 bits per heavy atom. The molecule has 7 nitrogen and oxygen atoms in total. The Morgan fingerprint density at radius 2 is 2.03 bits per heavy atom. The van der Waals surface area contributed by atoms with Crippen molar-refractivity contribution in [2.75, 3.05) is 44.3 Å². The highest BCUT2D eigenvalue weighted by atomic mass is 35.5. The minimum Gasteiger partial charge on any atom is -0.492 e. The molecule has 0 radical (unpaired) electrons. The van der Waals surface area contributed by atoms with Crippen molar-refractivity contribution in [3.63, 3.8) is 0 Å². The molecule has 168 valence electrons. The normalized spacial score (nSPS) is 28.7. The van der Waals surface area contributed by atoms with E-state index in [0.29, 0.717) is 55.8 Å².